The van der Waals surface area contributed by atoms with Crippen LogP contribution in [0.5, 0.6) is 11.5 Å². The standard InChI is InChI=1S/C17H15ClO3/c1-11-4-7-15(13(9-11)5-8-17(19)20)21-16-10-12(2)3-6-14(16)18/h3-10H,1-2H3,(H,19,20)/b8-5+. The van der Waals surface area contributed by atoms with Crippen molar-refractivity contribution in [2.45, 2.75) is 13.8 Å². The molecule has 0 aliphatic rings. The van der Waals surface area contributed by atoms with Crippen molar-refractivity contribution in [2.75, 3.05) is 0 Å². The second-order valence-electron chi connectivity index (χ2n) is 4.75. The number of rotatable bonds is 4. The van der Waals surface area contributed by atoms with E-state index in [1.165, 1.54) is 6.08 Å². The summed E-state index contributed by atoms with van der Waals surface area (Å²) in [5, 5.41) is 9.27. The highest BCUT2D eigenvalue weighted by Gasteiger charge is 2.07. The molecule has 4 heteroatoms. The highest BCUT2D eigenvalue weighted by molar-refractivity contribution is 6.32. The molecule has 0 aliphatic heterocycles. The van der Waals surface area contributed by atoms with Crippen molar-refractivity contribution in [3.05, 3.63) is 64.2 Å². The summed E-state index contributed by atoms with van der Waals surface area (Å²) >= 11 is 6.12. The summed E-state index contributed by atoms with van der Waals surface area (Å²) in [5.74, 6) is 0.104. The molecule has 0 bridgehead atoms. The van der Waals surface area contributed by atoms with Gasteiger partial charge in [-0.05, 0) is 49.8 Å². The van der Waals surface area contributed by atoms with Gasteiger partial charge in [0.05, 0.1) is 5.02 Å². The number of aliphatic carboxylic acids is 1. The molecule has 2 rings (SSSR count). The van der Waals surface area contributed by atoms with Gasteiger partial charge in [-0.25, -0.2) is 4.79 Å². The van der Waals surface area contributed by atoms with Gasteiger partial charge < -0.3 is 9.84 Å². The van der Waals surface area contributed by atoms with Gasteiger partial charge in [-0.15, -0.1) is 0 Å². The minimum absolute atomic E-state index is 0.509. The molecule has 0 spiro atoms. The predicted molar refractivity (Wildman–Crippen MR) is 84.1 cm³/mol. The topological polar surface area (TPSA) is 46.5 Å². The Balaban J connectivity index is 2.39. The number of halogens is 1. The normalized spacial score (nSPS) is 10.8. The molecule has 0 radical (unpaired) electrons. The van der Waals surface area contributed by atoms with Gasteiger partial charge in [0, 0.05) is 11.6 Å². The van der Waals surface area contributed by atoms with Gasteiger partial charge in [-0.1, -0.05) is 29.3 Å². The van der Waals surface area contributed by atoms with E-state index in [-0.39, 0.29) is 0 Å². The predicted octanol–water partition coefficient (Wildman–Crippen LogP) is 4.85. The number of carbonyl (C=O) groups is 1. The smallest absolute Gasteiger partial charge is 0.328 e. The zero-order chi connectivity index (χ0) is 15.4. The van der Waals surface area contributed by atoms with Crippen molar-refractivity contribution >= 4 is 23.6 Å². The molecule has 1 N–H and O–H groups in total. The summed E-state index contributed by atoms with van der Waals surface area (Å²) in [4.78, 5) is 10.7. The first-order chi connectivity index (χ1) is 9.95. The van der Waals surface area contributed by atoms with Gasteiger partial charge in [0.1, 0.15) is 11.5 Å². The highest BCUT2D eigenvalue weighted by atomic mass is 35.5. The Morgan fingerprint density at radius 1 is 1.10 bits per heavy atom. The van der Waals surface area contributed by atoms with Crippen LogP contribution in [-0.4, -0.2) is 11.1 Å². The first kappa shape index (κ1) is 15.1. The third-order valence-corrected chi connectivity index (χ3v) is 3.19. The van der Waals surface area contributed by atoms with Crippen LogP contribution < -0.4 is 4.74 Å². The fourth-order valence-electron chi connectivity index (χ4n) is 1.86. The van der Waals surface area contributed by atoms with Crippen LogP contribution in [0.2, 0.25) is 5.02 Å². The molecule has 0 saturated carbocycles. The minimum Gasteiger partial charge on any atom is -0.478 e. The van der Waals surface area contributed by atoms with E-state index in [9.17, 15) is 4.79 Å². The molecule has 0 fully saturated rings. The SMILES string of the molecule is Cc1ccc(Oc2cc(C)ccc2Cl)c(/C=C/C(=O)O)c1. The van der Waals surface area contributed by atoms with Gasteiger partial charge >= 0.3 is 5.97 Å². The van der Waals surface area contributed by atoms with Crippen LogP contribution in [0.15, 0.2) is 42.5 Å². The Hall–Kier alpha value is -2.26. The van der Waals surface area contributed by atoms with E-state index >= 15 is 0 Å². The highest BCUT2D eigenvalue weighted by Crippen LogP contribution is 2.32. The zero-order valence-electron chi connectivity index (χ0n) is 11.8. The summed E-state index contributed by atoms with van der Waals surface area (Å²) in [6.07, 6.45) is 2.59. The first-order valence-corrected chi connectivity index (χ1v) is 6.79. The molecule has 3 nitrogen and oxygen atoms in total. The van der Waals surface area contributed by atoms with Gasteiger partial charge in [0.25, 0.3) is 0 Å². The summed E-state index contributed by atoms with van der Waals surface area (Å²) in [6.45, 7) is 3.88. The van der Waals surface area contributed by atoms with E-state index in [1.807, 2.05) is 38.1 Å². The molecule has 2 aromatic rings. The largest absolute Gasteiger partial charge is 0.478 e. The molecule has 2 aromatic carbocycles. The molecule has 0 atom stereocenters. The van der Waals surface area contributed by atoms with Gasteiger partial charge in [0.2, 0.25) is 0 Å². The van der Waals surface area contributed by atoms with Crippen molar-refractivity contribution in [3.63, 3.8) is 0 Å². The van der Waals surface area contributed by atoms with Crippen LogP contribution in [0.3, 0.4) is 0 Å². The maximum absolute atomic E-state index is 10.7. The van der Waals surface area contributed by atoms with E-state index in [1.54, 1.807) is 12.1 Å². The lowest BCUT2D eigenvalue weighted by molar-refractivity contribution is -0.131. The van der Waals surface area contributed by atoms with Crippen molar-refractivity contribution in [3.8, 4) is 11.5 Å². The Bertz CT molecular complexity index is 705. The van der Waals surface area contributed by atoms with Gasteiger partial charge in [-0.2, -0.15) is 0 Å². The average Bonchev–Trinajstić information content (AvgIpc) is 2.43. The third-order valence-electron chi connectivity index (χ3n) is 2.88. The van der Waals surface area contributed by atoms with Crippen molar-refractivity contribution < 1.29 is 14.6 Å². The first-order valence-electron chi connectivity index (χ1n) is 6.41. The Morgan fingerprint density at radius 3 is 2.48 bits per heavy atom. The van der Waals surface area contributed by atoms with Crippen LogP contribution in [0.4, 0.5) is 0 Å². The zero-order valence-corrected chi connectivity index (χ0v) is 12.5. The van der Waals surface area contributed by atoms with E-state index < -0.39 is 5.97 Å². The monoisotopic (exact) mass is 302 g/mol. The summed E-state index contributed by atoms with van der Waals surface area (Å²) in [5.41, 5.74) is 2.74. The molecule has 0 amide bonds. The molecule has 0 aliphatic carbocycles. The van der Waals surface area contributed by atoms with Crippen molar-refractivity contribution in [1.82, 2.24) is 0 Å². The van der Waals surface area contributed by atoms with Gasteiger partial charge in [-0.3, -0.25) is 0 Å². The van der Waals surface area contributed by atoms with Crippen LogP contribution in [0.1, 0.15) is 16.7 Å². The average molecular weight is 303 g/mol. The molecule has 108 valence electrons. The number of aryl methyl sites for hydroxylation is 2. The van der Waals surface area contributed by atoms with Crippen molar-refractivity contribution in [2.24, 2.45) is 0 Å². The van der Waals surface area contributed by atoms with E-state index in [2.05, 4.69) is 0 Å². The molecule has 0 saturated heterocycles. The van der Waals surface area contributed by atoms with E-state index in [4.69, 9.17) is 21.4 Å². The molecule has 0 aromatic heterocycles. The fraction of sp³-hybridized carbons (Fsp3) is 0.118. The Labute approximate surface area is 128 Å². The van der Waals surface area contributed by atoms with Crippen LogP contribution in [-0.2, 0) is 4.79 Å². The molecular weight excluding hydrogens is 288 g/mol. The number of carboxylic acid groups (broad SMARTS) is 1. The fourth-order valence-corrected chi connectivity index (χ4v) is 2.02. The molecule has 21 heavy (non-hydrogen) atoms. The minimum atomic E-state index is -1.00. The number of hydrogen-bond acceptors (Lipinski definition) is 2. The van der Waals surface area contributed by atoms with Crippen molar-refractivity contribution in [1.29, 1.82) is 0 Å². The third kappa shape index (κ3) is 4.10. The Morgan fingerprint density at radius 2 is 1.76 bits per heavy atom. The number of hydrogen-bond donors (Lipinski definition) is 1. The second-order valence-corrected chi connectivity index (χ2v) is 5.16. The lowest BCUT2D eigenvalue weighted by Gasteiger charge is -2.11. The Kier molecular flexibility index (Phi) is 4.66. The number of ether oxygens (including phenoxy) is 1. The van der Waals surface area contributed by atoms with E-state index in [0.29, 0.717) is 22.1 Å². The van der Waals surface area contributed by atoms with Crippen LogP contribution in [0.25, 0.3) is 6.08 Å². The maximum atomic E-state index is 10.7. The van der Waals surface area contributed by atoms with Gasteiger partial charge in [0.15, 0.2) is 0 Å². The lowest BCUT2D eigenvalue weighted by atomic mass is 10.1. The second kappa shape index (κ2) is 6.46. The number of carboxylic acids is 1. The summed E-state index contributed by atoms with van der Waals surface area (Å²) in [7, 11) is 0. The maximum Gasteiger partial charge on any atom is 0.328 e. The van der Waals surface area contributed by atoms with Crippen LogP contribution in [0, 0.1) is 13.8 Å². The van der Waals surface area contributed by atoms with Crippen LogP contribution >= 0.6 is 11.6 Å². The summed E-state index contributed by atoms with van der Waals surface area (Å²) in [6, 6.07) is 11.1. The molecular formula is C17H15ClO3. The number of benzene rings is 2. The molecule has 0 unspecified atom stereocenters. The van der Waals surface area contributed by atoms with E-state index in [0.717, 1.165) is 17.2 Å². The molecule has 0 heterocycles. The lowest BCUT2D eigenvalue weighted by Crippen LogP contribution is -1.91. The quantitative estimate of drug-likeness (QED) is 0.821. The summed E-state index contributed by atoms with van der Waals surface area (Å²) < 4.78 is 5.83.